The van der Waals surface area contributed by atoms with E-state index < -0.39 is 0 Å². The van der Waals surface area contributed by atoms with Crippen molar-refractivity contribution in [1.29, 1.82) is 0 Å². The van der Waals surface area contributed by atoms with E-state index in [9.17, 15) is 4.79 Å². The second-order valence-corrected chi connectivity index (χ2v) is 1.45. The lowest BCUT2D eigenvalue weighted by Gasteiger charge is -1.79. The molecule has 44 valence electrons. The summed E-state index contributed by atoms with van der Waals surface area (Å²) in [6.45, 7) is 1.82. The number of aldehydes is 1. The molecule has 0 aromatic rings. The largest absolute Gasteiger partial charge is 0.298 e. The van der Waals surface area contributed by atoms with Crippen molar-refractivity contribution >= 4 is 17.9 Å². The Hall–Kier alpha value is -0.560. The molecule has 0 heterocycles. The van der Waals surface area contributed by atoms with Gasteiger partial charge in [-0.15, -0.1) is 0 Å². The van der Waals surface area contributed by atoms with Gasteiger partial charge in [-0.25, -0.2) is 0 Å². The highest BCUT2D eigenvalue weighted by Gasteiger charge is 1.81. The molecule has 8 heavy (non-hydrogen) atoms. The van der Waals surface area contributed by atoms with Gasteiger partial charge in [-0.2, -0.15) is 0 Å². The van der Waals surface area contributed by atoms with Crippen molar-refractivity contribution in [1.82, 2.24) is 0 Å². The number of halogens is 1. The van der Waals surface area contributed by atoms with Crippen LogP contribution in [0.4, 0.5) is 0 Å². The molecule has 0 unspecified atom stereocenters. The molecule has 0 aliphatic carbocycles. The Morgan fingerprint density at radius 1 is 1.62 bits per heavy atom. The first-order valence-electron chi connectivity index (χ1n) is 2.23. The molecule has 0 saturated carbocycles. The molecule has 0 rings (SSSR count). The monoisotopic (exact) mass is 130 g/mol. The van der Waals surface area contributed by atoms with E-state index in [2.05, 4.69) is 0 Å². The number of hydrogen-bond donors (Lipinski definition) is 0. The average molecular weight is 131 g/mol. The van der Waals surface area contributed by atoms with E-state index in [-0.39, 0.29) is 0 Å². The Labute approximate surface area is 53.6 Å². The summed E-state index contributed by atoms with van der Waals surface area (Å²) in [4.78, 5) is 9.92. The molecule has 0 amide bonds. The summed E-state index contributed by atoms with van der Waals surface area (Å²) in [7, 11) is 0. The molecule has 1 nitrogen and oxygen atoms in total. The van der Waals surface area contributed by atoms with Gasteiger partial charge >= 0.3 is 0 Å². The highest BCUT2D eigenvalue weighted by Crippen LogP contribution is 1.93. The first kappa shape index (κ1) is 7.44. The van der Waals surface area contributed by atoms with Crippen molar-refractivity contribution in [2.45, 2.75) is 6.92 Å². The highest BCUT2D eigenvalue weighted by molar-refractivity contribution is 6.27. The molecular formula is C6H7ClO. The van der Waals surface area contributed by atoms with E-state index in [1.54, 1.807) is 12.2 Å². The summed E-state index contributed by atoms with van der Waals surface area (Å²) in [6, 6.07) is 0. The van der Waals surface area contributed by atoms with Gasteiger partial charge in [-0.3, -0.25) is 4.79 Å². The van der Waals surface area contributed by atoms with Crippen molar-refractivity contribution in [3.8, 4) is 0 Å². The second kappa shape index (κ2) is 4.60. The van der Waals surface area contributed by atoms with Crippen LogP contribution in [-0.4, -0.2) is 6.29 Å². The molecule has 0 aliphatic rings. The van der Waals surface area contributed by atoms with Crippen LogP contribution in [0.15, 0.2) is 23.3 Å². The van der Waals surface area contributed by atoms with E-state index in [4.69, 9.17) is 11.6 Å². The van der Waals surface area contributed by atoms with Gasteiger partial charge in [0.05, 0.1) is 0 Å². The molecule has 0 atom stereocenters. The van der Waals surface area contributed by atoms with Crippen molar-refractivity contribution in [3.63, 3.8) is 0 Å². The lowest BCUT2D eigenvalue weighted by molar-refractivity contribution is -0.104. The molecule has 0 radical (unpaired) electrons. The topological polar surface area (TPSA) is 17.1 Å². The highest BCUT2D eigenvalue weighted by atomic mass is 35.5. The molecular weight excluding hydrogens is 124 g/mol. The van der Waals surface area contributed by atoms with Gasteiger partial charge in [-0.05, 0) is 6.92 Å². The predicted molar refractivity (Wildman–Crippen MR) is 34.8 cm³/mol. The van der Waals surface area contributed by atoms with Gasteiger partial charge in [-0.1, -0.05) is 23.8 Å². The van der Waals surface area contributed by atoms with Gasteiger partial charge in [0, 0.05) is 11.1 Å². The summed E-state index contributed by atoms with van der Waals surface area (Å²) in [5.41, 5.74) is 1.74. The summed E-state index contributed by atoms with van der Waals surface area (Å²) in [5.74, 6) is 0. The summed E-state index contributed by atoms with van der Waals surface area (Å²) >= 11 is 5.20. The lowest BCUT2D eigenvalue weighted by Crippen LogP contribution is -1.73. The number of allylic oxidation sites excluding steroid dienone is 3. The van der Waals surface area contributed by atoms with Crippen LogP contribution in [-0.2, 0) is 4.79 Å². The van der Waals surface area contributed by atoms with Crippen LogP contribution in [0.1, 0.15) is 6.92 Å². The minimum atomic E-state index is 0.495. The van der Waals surface area contributed by atoms with Crippen LogP contribution in [0.25, 0.3) is 0 Å². The first-order valence-corrected chi connectivity index (χ1v) is 2.67. The van der Waals surface area contributed by atoms with Crippen LogP contribution < -0.4 is 0 Å². The van der Waals surface area contributed by atoms with Crippen molar-refractivity contribution in [3.05, 3.63) is 23.3 Å². The summed E-state index contributed by atoms with van der Waals surface area (Å²) < 4.78 is 0. The fraction of sp³-hybridized carbons (Fsp3) is 0.167. The minimum Gasteiger partial charge on any atom is -0.298 e. The van der Waals surface area contributed by atoms with E-state index in [0.717, 1.165) is 0 Å². The molecule has 0 aromatic heterocycles. The maximum Gasteiger partial charge on any atom is 0.150 e. The SMILES string of the molecule is C/C=C\C(C=O)=C\Cl. The van der Waals surface area contributed by atoms with Crippen LogP contribution >= 0.6 is 11.6 Å². The Kier molecular flexibility index (Phi) is 4.27. The molecule has 0 aromatic carbocycles. The molecule has 0 spiro atoms. The zero-order chi connectivity index (χ0) is 6.41. The Morgan fingerprint density at radius 2 is 2.25 bits per heavy atom. The molecule has 0 saturated heterocycles. The molecule has 0 fully saturated rings. The Balaban J connectivity index is 3.91. The van der Waals surface area contributed by atoms with Crippen LogP contribution in [0, 0.1) is 0 Å². The smallest absolute Gasteiger partial charge is 0.150 e. The van der Waals surface area contributed by atoms with Gasteiger partial charge in [0.15, 0.2) is 6.29 Å². The number of carbonyl (C=O) groups excluding carboxylic acids is 1. The zero-order valence-corrected chi connectivity index (χ0v) is 5.35. The number of hydrogen-bond acceptors (Lipinski definition) is 1. The first-order chi connectivity index (χ1) is 3.85. The fourth-order valence-electron chi connectivity index (χ4n) is 0.294. The molecule has 2 heteroatoms. The normalized spacial score (nSPS) is 12.5. The second-order valence-electron chi connectivity index (χ2n) is 1.23. The maximum atomic E-state index is 9.92. The third-order valence-electron chi connectivity index (χ3n) is 0.621. The number of carbonyl (C=O) groups is 1. The van der Waals surface area contributed by atoms with Gasteiger partial charge in [0.1, 0.15) is 0 Å². The third-order valence-corrected chi connectivity index (χ3v) is 0.873. The van der Waals surface area contributed by atoms with Crippen molar-refractivity contribution in [2.24, 2.45) is 0 Å². The quantitative estimate of drug-likeness (QED) is 0.317. The standard InChI is InChI=1S/C6H7ClO/c1-2-3-6(4-7)5-8/h2-5H,1H3/b3-2-,6-4-. The van der Waals surface area contributed by atoms with Crippen molar-refractivity contribution in [2.75, 3.05) is 0 Å². The van der Waals surface area contributed by atoms with Gasteiger partial charge in [0.25, 0.3) is 0 Å². The Morgan fingerprint density at radius 3 is 2.38 bits per heavy atom. The lowest BCUT2D eigenvalue weighted by atomic mass is 10.3. The van der Waals surface area contributed by atoms with Gasteiger partial charge in [0.2, 0.25) is 0 Å². The maximum absolute atomic E-state index is 9.92. The minimum absolute atomic E-state index is 0.495. The summed E-state index contributed by atoms with van der Waals surface area (Å²) in [5, 5.41) is 0. The van der Waals surface area contributed by atoms with Crippen LogP contribution in [0.3, 0.4) is 0 Å². The van der Waals surface area contributed by atoms with E-state index in [1.165, 1.54) is 5.54 Å². The van der Waals surface area contributed by atoms with Crippen LogP contribution in [0.5, 0.6) is 0 Å². The van der Waals surface area contributed by atoms with E-state index >= 15 is 0 Å². The molecule has 0 aliphatic heterocycles. The van der Waals surface area contributed by atoms with E-state index in [1.807, 2.05) is 6.92 Å². The fourth-order valence-corrected chi connectivity index (χ4v) is 0.418. The van der Waals surface area contributed by atoms with Gasteiger partial charge < -0.3 is 0 Å². The summed E-state index contributed by atoms with van der Waals surface area (Å²) in [6.07, 6.45) is 4.09. The average Bonchev–Trinajstić information content (AvgIpc) is 1.83. The van der Waals surface area contributed by atoms with Crippen LogP contribution in [0.2, 0.25) is 0 Å². The molecule has 0 N–H and O–H groups in total. The Bertz CT molecular complexity index is 124. The van der Waals surface area contributed by atoms with E-state index in [0.29, 0.717) is 11.9 Å². The number of rotatable bonds is 2. The third kappa shape index (κ3) is 2.59. The zero-order valence-electron chi connectivity index (χ0n) is 4.60. The molecule has 0 bridgehead atoms. The van der Waals surface area contributed by atoms with Crippen molar-refractivity contribution < 1.29 is 4.79 Å². The predicted octanol–water partition coefficient (Wildman–Crippen LogP) is 1.88.